The van der Waals surface area contributed by atoms with E-state index in [9.17, 15) is 9.59 Å². The van der Waals surface area contributed by atoms with Gasteiger partial charge in [0.1, 0.15) is 0 Å². The summed E-state index contributed by atoms with van der Waals surface area (Å²) in [5, 5.41) is 13.4. The van der Waals surface area contributed by atoms with Gasteiger partial charge in [-0.1, -0.05) is 18.2 Å². The number of aromatic nitrogens is 2. The molecule has 0 spiro atoms. The zero-order valence-corrected chi connectivity index (χ0v) is 12.6. The highest BCUT2D eigenvalue weighted by atomic mass is 16.5. The Balaban J connectivity index is 1.78. The first-order valence-corrected chi connectivity index (χ1v) is 7.33. The van der Waals surface area contributed by atoms with Gasteiger partial charge in [-0.2, -0.15) is 5.10 Å². The molecule has 1 amide bonds. The van der Waals surface area contributed by atoms with Crippen LogP contribution in [-0.2, 0) is 9.53 Å². The number of nitrogens with zero attached hydrogens (tertiary/aromatic N) is 3. The third-order valence-corrected chi connectivity index (χ3v) is 3.65. The number of hydrogen-bond acceptors (Lipinski definition) is 4. The molecule has 2 aromatic rings. The van der Waals surface area contributed by atoms with Gasteiger partial charge in [-0.05, 0) is 25.1 Å². The van der Waals surface area contributed by atoms with Gasteiger partial charge in [0.05, 0.1) is 18.3 Å². The second kappa shape index (κ2) is 6.21. The van der Waals surface area contributed by atoms with E-state index in [0.29, 0.717) is 6.54 Å². The van der Waals surface area contributed by atoms with Crippen LogP contribution < -0.4 is 0 Å². The summed E-state index contributed by atoms with van der Waals surface area (Å²) < 4.78 is 6.94. The number of morpholine rings is 1. The molecule has 0 bridgehead atoms. The van der Waals surface area contributed by atoms with Crippen molar-refractivity contribution in [3.8, 4) is 5.69 Å². The Morgan fingerprint density at radius 1 is 1.22 bits per heavy atom. The molecule has 23 heavy (non-hydrogen) atoms. The van der Waals surface area contributed by atoms with E-state index in [1.54, 1.807) is 23.9 Å². The zero-order chi connectivity index (χ0) is 16.4. The van der Waals surface area contributed by atoms with Crippen molar-refractivity contribution in [2.24, 2.45) is 0 Å². The zero-order valence-electron chi connectivity index (χ0n) is 12.6. The smallest absolute Gasteiger partial charge is 0.334 e. The molecular formula is C16H17N3O4. The lowest BCUT2D eigenvalue weighted by molar-refractivity contribution is -0.160. The summed E-state index contributed by atoms with van der Waals surface area (Å²) in [6, 6.07) is 11.1. The van der Waals surface area contributed by atoms with Crippen molar-refractivity contribution >= 4 is 11.9 Å². The van der Waals surface area contributed by atoms with Crippen LogP contribution in [0, 0.1) is 0 Å². The molecule has 1 saturated heterocycles. The molecule has 1 aromatic carbocycles. The van der Waals surface area contributed by atoms with E-state index in [1.165, 1.54) is 4.90 Å². The van der Waals surface area contributed by atoms with Crippen molar-refractivity contribution in [3.63, 3.8) is 0 Å². The van der Waals surface area contributed by atoms with E-state index in [-0.39, 0.29) is 24.2 Å². The predicted octanol–water partition coefficient (Wildman–Crippen LogP) is 1.19. The monoisotopic (exact) mass is 315 g/mol. The molecule has 1 fully saturated rings. The number of amides is 1. The number of carbonyl (C=O) groups is 2. The van der Waals surface area contributed by atoms with Gasteiger partial charge in [0.25, 0.3) is 5.91 Å². The summed E-state index contributed by atoms with van der Waals surface area (Å²) in [5.74, 6) is -1.36. The molecule has 120 valence electrons. The van der Waals surface area contributed by atoms with Crippen molar-refractivity contribution in [1.82, 2.24) is 14.7 Å². The molecule has 7 nitrogen and oxygen atoms in total. The number of carboxylic acids is 1. The molecule has 0 saturated carbocycles. The molecule has 1 unspecified atom stereocenters. The average molecular weight is 315 g/mol. The highest BCUT2D eigenvalue weighted by Crippen LogP contribution is 2.15. The van der Waals surface area contributed by atoms with Gasteiger partial charge in [0.2, 0.25) is 0 Å². The first-order valence-electron chi connectivity index (χ1n) is 7.33. The Labute approximate surface area is 133 Å². The molecule has 0 aliphatic carbocycles. The van der Waals surface area contributed by atoms with Gasteiger partial charge >= 0.3 is 5.97 Å². The van der Waals surface area contributed by atoms with Crippen molar-refractivity contribution in [1.29, 1.82) is 0 Å². The minimum atomic E-state index is -1.07. The van der Waals surface area contributed by atoms with E-state index >= 15 is 0 Å². The fourth-order valence-corrected chi connectivity index (χ4v) is 2.58. The van der Waals surface area contributed by atoms with Crippen LogP contribution in [0.2, 0.25) is 0 Å². The summed E-state index contributed by atoms with van der Waals surface area (Å²) >= 11 is 0. The lowest BCUT2D eigenvalue weighted by Gasteiger charge is -2.34. The van der Waals surface area contributed by atoms with Crippen LogP contribution in [0.3, 0.4) is 0 Å². The summed E-state index contributed by atoms with van der Waals surface area (Å²) in [4.78, 5) is 25.1. The van der Waals surface area contributed by atoms with Gasteiger partial charge in [0.15, 0.2) is 11.8 Å². The summed E-state index contributed by atoms with van der Waals surface area (Å²) in [6.07, 6.45) is 0.380. The average Bonchev–Trinajstić information content (AvgIpc) is 3.04. The fraction of sp³-hybridized carbons (Fsp3) is 0.312. The lowest BCUT2D eigenvalue weighted by Crippen LogP contribution is -2.51. The van der Waals surface area contributed by atoms with Crippen LogP contribution in [0.5, 0.6) is 0 Å². The molecule has 1 aliphatic heterocycles. The highest BCUT2D eigenvalue weighted by molar-refractivity contribution is 5.92. The minimum absolute atomic E-state index is 0.0245. The Hall–Kier alpha value is -2.67. The van der Waals surface area contributed by atoms with Crippen LogP contribution in [0.1, 0.15) is 17.4 Å². The van der Waals surface area contributed by atoms with Crippen molar-refractivity contribution in [2.75, 3.05) is 13.1 Å². The lowest BCUT2D eigenvalue weighted by atomic mass is 10.2. The molecular weight excluding hydrogens is 298 g/mol. The first-order chi connectivity index (χ1) is 11.0. The number of carboxylic acid groups (broad SMARTS) is 1. The second-order valence-corrected chi connectivity index (χ2v) is 5.46. The van der Waals surface area contributed by atoms with E-state index < -0.39 is 12.1 Å². The molecule has 1 aromatic heterocycles. The van der Waals surface area contributed by atoms with Crippen LogP contribution in [0.4, 0.5) is 0 Å². The van der Waals surface area contributed by atoms with Crippen LogP contribution in [0.25, 0.3) is 5.69 Å². The Morgan fingerprint density at radius 3 is 2.65 bits per heavy atom. The Bertz CT molecular complexity index is 713. The standard InChI is InChI=1S/C16H17N3O4/c1-11-9-18(10-14(23-11)16(21)22)15(20)13-7-8-19(17-13)12-5-3-2-4-6-12/h2-8,11,14H,9-10H2,1H3,(H,21,22)/t11-,14?/m1/s1. The van der Waals surface area contributed by atoms with Crippen molar-refractivity contribution in [3.05, 3.63) is 48.3 Å². The van der Waals surface area contributed by atoms with Gasteiger partial charge in [-0.3, -0.25) is 4.79 Å². The maximum absolute atomic E-state index is 12.6. The number of ether oxygens (including phenoxy) is 1. The molecule has 2 atom stereocenters. The molecule has 2 heterocycles. The molecule has 1 aliphatic rings. The molecule has 0 radical (unpaired) electrons. The van der Waals surface area contributed by atoms with E-state index in [0.717, 1.165) is 5.69 Å². The van der Waals surface area contributed by atoms with Crippen molar-refractivity contribution in [2.45, 2.75) is 19.1 Å². The number of rotatable bonds is 3. The van der Waals surface area contributed by atoms with E-state index in [2.05, 4.69) is 5.10 Å². The summed E-state index contributed by atoms with van der Waals surface area (Å²) in [6.45, 7) is 2.12. The maximum atomic E-state index is 12.6. The number of carbonyl (C=O) groups excluding carboxylic acids is 1. The number of aliphatic carboxylic acids is 1. The Kier molecular flexibility index (Phi) is 4.12. The van der Waals surface area contributed by atoms with Gasteiger partial charge in [0, 0.05) is 12.7 Å². The minimum Gasteiger partial charge on any atom is -0.479 e. The van der Waals surface area contributed by atoms with E-state index in [1.807, 2.05) is 30.3 Å². The third kappa shape index (κ3) is 3.24. The maximum Gasteiger partial charge on any atom is 0.334 e. The van der Waals surface area contributed by atoms with Gasteiger partial charge in [-0.15, -0.1) is 0 Å². The van der Waals surface area contributed by atoms with Gasteiger partial charge in [-0.25, -0.2) is 9.48 Å². The topological polar surface area (TPSA) is 84.7 Å². The number of hydrogen-bond donors (Lipinski definition) is 1. The largest absolute Gasteiger partial charge is 0.479 e. The highest BCUT2D eigenvalue weighted by Gasteiger charge is 2.33. The van der Waals surface area contributed by atoms with Crippen molar-refractivity contribution < 1.29 is 19.4 Å². The van der Waals surface area contributed by atoms with Gasteiger partial charge < -0.3 is 14.7 Å². The number of benzene rings is 1. The van der Waals surface area contributed by atoms with Crippen LogP contribution >= 0.6 is 0 Å². The summed E-state index contributed by atoms with van der Waals surface area (Å²) in [7, 11) is 0. The SMILES string of the molecule is C[C@@H]1CN(C(=O)c2ccn(-c3ccccc3)n2)CC(C(=O)O)O1. The van der Waals surface area contributed by atoms with E-state index in [4.69, 9.17) is 9.84 Å². The molecule has 1 N–H and O–H groups in total. The number of para-hydroxylation sites is 1. The van der Waals surface area contributed by atoms with Crippen LogP contribution in [-0.4, -0.2) is 57.0 Å². The Morgan fingerprint density at radius 2 is 1.96 bits per heavy atom. The first kappa shape index (κ1) is 15.2. The van der Waals surface area contributed by atoms with Crippen LogP contribution in [0.15, 0.2) is 42.6 Å². The fourth-order valence-electron chi connectivity index (χ4n) is 2.58. The molecule has 7 heteroatoms. The second-order valence-electron chi connectivity index (χ2n) is 5.46. The summed E-state index contributed by atoms with van der Waals surface area (Å²) in [5.41, 5.74) is 1.14. The normalized spacial score (nSPS) is 21.2. The quantitative estimate of drug-likeness (QED) is 0.919. The molecule has 3 rings (SSSR count). The predicted molar refractivity (Wildman–Crippen MR) is 81.4 cm³/mol. The third-order valence-electron chi connectivity index (χ3n) is 3.65.